The van der Waals surface area contributed by atoms with Crippen LogP contribution in [0.2, 0.25) is 0 Å². The summed E-state index contributed by atoms with van der Waals surface area (Å²) < 4.78 is 5.51. The van der Waals surface area contributed by atoms with Crippen LogP contribution in [0.1, 0.15) is 17.5 Å². The Morgan fingerprint density at radius 2 is 2.06 bits per heavy atom. The Kier molecular flexibility index (Phi) is 5.34. The fraction of sp³-hybridized carbons (Fsp3) is 0.417. The van der Waals surface area contributed by atoms with Crippen LogP contribution in [0.25, 0.3) is 0 Å². The SMILES string of the molecule is N#Cc1cccc(OCCN)c1CCCN. The number of hydrogen-bond acceptors (Lipinski definition) is 4. The molecule has 0 unspecified atom stereocenters. The molecule has 0 spiro atoms. The maximum atomic E-state index is 9.01. The van der Waals surface area contributed by atoms with Gasteiger partial charge in [0.1, 0.15) is 12.4 Å². The number of nitriles is 1. The second-order valence-corrected chi connectivity index (χ2v) is 3.42. The van der Waals surface area contributed by atoms with Crippen LogP contribution in [-0.2, 0) is 6.42 Å². The highest BCUT2D eigenvalue weighted by molar-refractivity contribution is 5.46. The molecule has 4 heteroatoms. The summed E-state index contributed by atoms with van der Waals surface area (Å²) >= 11 is 0. The van der Waals surface area contributed by atoms with E-state index in [0.717, 1.165) is 24.2 Å². The zero-order valence-electron chi connectivity index (χ0n) is 9.28. The van der Waals surface area contributed by atoms with Gasteiger partial charge in [0, 0.05) is 12.1 Å². The van der Waals surface area contributed by atoms with Gasteiger partial charge in [-0.3, -0.25) is 0 Å². The molecule has 0 aliphatic heterocycles. The normalized spacial score (nSPS) is 9.81. The smallest absolute Gasteiger partial charge is 0.123 e. The molecular weight excluding hydrogens is 202 g/mol. The molecule has 0 radical (unpaired) electrons. The van der Waals surface area contributed by atoms with E-state index in [1.54, 1.807) is 6.07 Å². The highest BCUT2D eigenvalue weighted by Crippen LogP contribution is 2.23. The minimum absolute atomic E-state index is 0.463. The van der Waals surface area contributed by atoms with E-state index in [4.69, 9.17) is 21.5 Å². The Bertz CT molecular complexity index is 371. The minimum atomic E-state index is 0.463. The van der Waals surface area contributed by atoms with Crippen molar-refractivity contribution in [3.8, 4) is 11.8 Å². The molecule has 0 heterocycles. The lowest BCUT2D eigenvalue weighted by Gasteiger charge is -2.11. The monoisotopic (exact) mass is 219 g/mol. The van der Waals surface area contributed by atoms with Crippen molar-refractivity contribution in [3.05, 3.63) is 29.3 Å². The third-order valence-corrected chi connectivity index (χ3v) is 2.26. The van der Waals surface area contributed by atoms with Gasteiger partial charge in [0.25, 0.3) is 0 Å². The topological polar surface area (TPSA) is 85.1 Å². The summed E-state index contributed by atoms with van der Waals surface area (Å²) in [6.07, 6.45) is 1.61. The fourth-order valence-corrected chi connectivity index (χ4v) is 1.51. The lowest BCUT2D eigenvalue weighted by molar-refractivity contribution is 0.324. The maximum Gasteiger partial charge on any atom is 0.123 e. The van der Waals surface area contributed by atoms with Crippen molar-refractivity contribution in [2.45, 2.75) is 12.8 Å². The highest BCUT2D eigenvalue weighted by atomic mass is 16.5. The number of rotatable bonds is 6. The first-order chi connectivity index (χ1) is 7.83. The first-order valence-corrected chi connectivity index (χ1v) is 5.38. The zero-order valence-corrected chi connectivity index (χ0v) is 9.28. The van der Waals surface area contributed by atoms with Crippen LogP contribution in [0.15, 0.2) is 18.2 Å². The van der Waals surface area contributed by atoms with Crippen LogP contribution in [0.4, 0.5) is 0 Å². The van der Waals surface area contributed by atoms with Crippen LogP contribution < -0.4 is 16.2 Å². The zero-order chi connectivity index (χ0) is 11.8. The summed E-state index contributed by atoms with van der Waals surface area (Å²) in [5.41, 5.74) is 12.5. The minimum Gasteiger partial charge on any atom is -0.492 e. The number of nitrogens with two attached hydrogens (primary N) is 2. The molecule has 0 atom stereocenters. The van der Waals surface area contributed by atoms with E-state index in [2.05, 4.69) is 6.07 Å². The van der Waals surface area contributed by atoms with Crippen LogP contribution >= 0.6 is 0 Å². The van der Waals surface area contributed by atoms with E-state index in [-0.39, 0.29) is 0 Å². The summed E-state index contributed by atoms with van der Waals surface area (Å²) in [7, 11) is 0. The molecule has 1 aromatic rings. The van der Waals surface area contributed by atoms with Gasteiger partial charge in [-0.2, -0.15) is 5.26 Å². The number of nitrogens with zero attached hydrogens (tertiary/aromatic N) is 1. The maximum absolute atomic E-state index is 9.01. The van der Waals surface area contributed by atoms with Crippen molar-refractivity contribution in [1.29, 1.82) is 5.26 Å². The average molecular weight is 219 g/mol. The van der Waals surface area contributed by atoms with Crippen molar-refractivity contribution < 1.29 is 4.74 Å². The largest absolute Gasteiger partial charge is 0.492 e. The Morgan fingerprint density at radius 3 is 2.69 bits per heavy atom. The fourth-order valence-electron chi connectivity index (χ4n) is 1.51. The van der Waals surface area contributed by atoms with E-state index in [0.29, 0.717) is 25.3 Å². The molecule has 4 nitrogen and oxygen atoms in total. The first kappa shape index (κ1) is 12.5. The molecule has 0 bridgehead atoms. The summed E-state index contributed by atoms with van der Waals surface area (Å²) in [4.78, 5) is 0. The molecule has 86 valence electrons. The van der Waals surface area contributed by atoms with Crippen LogP contribution in [0.3, 0.4) is 0 Å². The van der Waals surface area contributed by atoms with E-state index in [9.17, 15) is 0 Å². The van der Waals surface area contributed by atoms with Gasteiger partial charge in [-0.25, -0.2) is 0 Å². The molecule has 1 rings (SSSR count). The molecule has 0 fully saturated rings. The van der Waals surface area contributed by atoms with Gasteiger partial charge < -0.3 is 16.2 Å². The van der Waals surface area contributed by atoms with E-state index < -0.39 is 0 Å². The molecule has 0 saturated heterocycles. The van der Waals surface area contributed by atoms with Crippen molar-refractivity contribution in [3.63, 3.8) is 0 Å². The molecular formula is C12H17N3O. The molecule has 16 heavy (non-hydrogen) atoms. The van der Waals surface area contributed by atoms with Gasteiger partial charge in [0.15, 0.2) is 0 Å². The molecule has 0 aliphatic carbocycles. The Balaban J connectivity index is 2.91. The van der Waals surface area contributed by atoms with Crippen molar-refractivity contribution in [2.24, 2.45) is 11.5 Å². The highest BCUT2D eigenvalue weighted by Gasteiger charge is 2.08. The lowest BCUT2D eigenvalue weighted by Crippen LogP contribution is -2.12. The Hall–Kier alpha value is -1.57. The van der Waals surface area contributed by atoms with Gasteiger partial charge in [-0.15, -0.1) is 0 Å². The van der Waals surface area contributed by atoms with Crippen molar-refractivity contribution >= 4 is 0 Å². The van der Waals surface area contributed by atoms with E-state index >= 15 is 0 Å². The molecule has 0 saturated carbocycles. The number of hydrogen-bond donors (Lipinski definition) is 2. The Labute approximate surface area is 95.8 Å². The third kappa shape index (κ3) is 3.23. The van der Waals surface area contributed by atoms with Crippen LogP contribution in [0.5, 0.6) is 5.75 Å². The predicted octanol–water partition coefficient (Wildman–Crippen LogP) is 0.787. The number of benzene rings is 1. The summed E-state index contributed by atoms with van der Waals surface area (Å²) in [5.74, 6) is 0.748. The van der Waals surface area contributed by atoms with Gasteiger partial charge >= 0.3 is 0 Å². The van der Waals surface area contributed by atoms with Gasteiger partial charge in [-0.05, 0) is 31.5 Å². The molecule has 0 aromatic heterocycles. The Morgan fingerprint density at radius 1 is 1.25 bits per heavy atom. The second-order valence-electron chi connectivity index (χ2n) is 3.42. The van der Waals surface area contributed by atoms with Crippen LogP contribution in [0, 0.1) is 11.3 Å². The molecule has 4 N–H and O–H groups in total. The average Bonchev–Trinajstić information content (AvgIpc) is 2.33. The second kappa shape index (κ2) is 6.83. The van der Waals surface area contributed by atoms with Crippen LogP contribution in [-0.4, -0.2) is 19.7 Å². The van der Waals surface area contributed by atoms with Gasteiger partial charge in [0.05, 0.1) is 11.6 Å². The molecule has 1 aromatic carbocycles. The summed E-state index contributed by atoms with van der Waals surface area (Å²) in [6.45, 7) is 1.54. The van der Waals surface area contributed by atoms with E-state index in [1.807, 2.05) is 12.1 Å². The van der Waals surface area contributed by atoms with Crippen molar-refractivity contribution in [1.82, 2.24) is 0 Å². The molecule has 0 amide bonds. The number of ether oxygens (including phenoxy) is 1. The standard InChI is InChI=1S/C12H17N3O/c13-6-2-4-11-10(9-15)3-1-5-12(11)16-8-7-14/h1,3,5H,2,4,6-8,13-14H2. The van der Waals surface area contributed by atoms with Gasteiger partial charge in [0.2, 0.25) is 0 Å². The summed E-state index contributed by atoms with van der Waals surface area (Å²) in [6, 6.07) is 7.64. The van der Waals surface area contributed by atoms with Crippen molar-refractivity contribution in [2.75, 3.05) is 19.7 Å². The summed E-state index contributed by atoms with van der Waals surface area (Å²) in [5, 5.41) is 9.01. The van der Waals surface area contributed by atoms with Gasteiger partial charge in [-0.1, -0.05) is 6.07 Å². The quantitative estimate of drug-likeness (QED) is 0.740. The first-order valence-electron chi connectivity index (χ1n) is 5.38. The molecule has 0 aliphatic rings. The predicted molar refractivity (Wildman–Crippen MR) is 63.1 cm³/mol. The lowest BCUT2D eigenvalue weighted by atomic mass is 10.0. The third-order valence-electron chi connectivity index (χ3n) is 2.26. The van der Waals surface area contributed by atoms with E-state index in [1.165, 1.54) is 0 Å².